The van der Waals surface area contributed by atoms with Gasteiger partial charge in [0, 0.05) is 28.7 Å². The summed E-state index contributed by atoms with van der Waals surface area (Å²) in [4.78, 5) is 17.1. The number of hydrogen-bond acceptors (Lipinski definition) is 4. The Kier molecular flexibility index (Phi) is 5.14. The zero-order valence-corrected chi connectivity index (χ0v) is 14.1. The van der Waals surface area contributed by atoms with E-state index in [0.717, 1.165) is 39.0 Å². The van der Waals surface area contributed by atoms with E-state index in [1.807, 2.05) is 32.2 Å². The van der Waals surface area contributed by atoms with Crippen molar-refractivity contribution in [2.45, 2.75) is 13.5 Å². The molecule has 0 spiro atoms. The minimum absolute atomic E-state index is 0.737. The summed E-state index contributed by atoms with van der Waals surface area (Å²) in [6, 6.07) is 5.83. The number of hydrogen-bond donors (Lipinski definition) is 1. The highest BCUT2D eigenvalue weighted by molar-refractivity contribution is 9.10. The molecule has 4 nitrogen and oxygen atoms in total. The molecule has 110 valence electrons. The summed E-state index contributed by atoms with van der Waals surface area (Å²) in [5, 5.41) is 11.8. The van der Waals surface area contributed by atoms with E-state index in [1.54, 1.807) is 17.4 Å². The number of aryl methyl sites for hydroxylation is 1. The van der Waals surface area contributed by atoms with E-state index in [2.05, 4.69) is 31.2 Å². The lowest BCUT2D eigenvalue weighted by Gasteiger charge is -2.19. The first-order chi connectivity index (χ1) is 9.95. The van der Waals surface area contributed by atoms with Gasteiger partial charge >= 0.3 is 5.97 Å². The van der Waals surface area contributed by atoms with Gasteiger partial charge in [-0.15, -0.1) is 11.3 Å². The molecule has 1 aromatic carbocycles. The third kappa shape index (κ3) is 4.41. The molecule has 21 heavy (non-hydrogen) atoms. The summed E-state index contributed by atoms with van der Waals surface area (Å²) in [6.07, 6.45) is 2.70. The lowest BCUT2D eigenvalue weighted by atomic mass is 10.2. The van der Waals surface area contributed by atoms with Crippen molar-refractivity contribution < 1.29 is 9.90 Å². The lowest BCUT2D eigenvalue weighted by molar-refractivity contribution is -0.131. The van der Waals surface area contributed by atoms with Gasteiger partial charge in [-0.25, -0.2) is 9.78 Å². The zero-order chi connectivity index (χ0) is 15.4. The van der Waals surface area contributed by atoms with Crippen LogP contribution in [0.1, 0.15) is 16.3 Å². The molecule has 0 aliphatic rings. The Balaban J connectivity index is 2.13. The second-order valence-corrected chi connectivity index (χ2v) is 6.51. The van der Waals surface area contributed by atoms with Crippen molar-refractivity contribution in [2.24, 2.45) is 0 Å². The molecule has 0 radical (unpaired) electrons. The quantitative estimate of drug-likeness (QED) is 0.814. The van der Waals surface area contributed by atoms with Crippen LogP contribution in [0.4, 0.5) is 5.69 Å². The van der Waals surface area contributed by atoms with Crippen LogP contribution in [-0.2, 0) is 11.3 Å². The van der Waals surface area contributed by atoms with Crippen LogP contribution >= 0.6 is 27.3 Å². The summed E-state index contributed by atoms with van der Waals surface area (Å²) < 4.78 is 0.860. The van der Waals surface area contributed by atoms with Crippen LogP contribution in [0.2, 0.25) is 0 Å². The first kappa shape index (κ1) is 15.7. The van der Waals surface area contributed by atoms with Gasteiger partial charge in [-0.2, -0.15) is 0 Å². The van der Waals surface area contributed by atoms with Gasteiger partial charge in [-0.3, -0.25) is 0 Å². The fourth-order valence-corrected chi connectivity index (χ4v) is 2.97. The number of anilines is 1. The second kappa shape index (κ2) is 6.87. The first-order valence-corrected chi connectivity index (χ1v) is 7.95. The van der Waals surface area contributed by atoms with Gasteiger partial charge in [0.05, 0.1) is 17.2 Å². The van der Waals surface area contributed by atoms with E-state index in [1.165, 1.54) is 0 Å². The molecule has 0 fully saturated rings. The Bertz CT molecular complexity index is 682. The van der Waals surface area contributed by atoms with Crippen LogP contribution in [0.25, 0.3) is 6.08 Å². The SMILES string of the molecule is Cc1nc(CN(C)c2ccc(/C=C/C(=O)O)c(Br)c2)cs1. The van der Waals surface area contributed by atoms with Crippen molar-refractivity contribution in [3.05, 3.63) is 50.4 Å². The van der Waals surface area contributed by atoms with E-state index in [9.17, 15) is 4.79 Å². The van der Waals surface area contributed by atoms with Gasteiger partial charge < -0.3 is 10.0 Å². The van der Waals surface area contributed by atoms with Crippen LogP contribution in [0.15, 0.2) is 34.1 Å². The van der Waals surface area contributed by atoms with Gasteiger partial charge in [0.25, 0.3) is 0 Å². The summed E-state index contributed by atoms with van der Waals surface area (Å²) in [7, 11) is 2.00. The van der Waals surface area contributed by atoms with Crippen LogP contribution in [0.3, 0.4) is 0 Å². The Hall–Kier alpha value is -1.66. The molecule has 0 atom stereocenters. The maximum absolute atomic E-state index is 10.5. The largest absolute Gasteiger partial charge is 0.478 e. The molecule has 2 aromatic rings. The number of aliphatic carboxylic acids is 1. The molecule has 0 saturated carbocycles. The second-order valence-electron chi connectivity index (χ2n) is 4.59. The third-order valence-electron chi connectivity index (χ3n) is 2.90. The minimum atomic E-state index is -0.956. The van der Waals surface area contributed by atoms with E-state index in [4.69, 9.17) is 5.11 Å². The number of thiazole rings is 1. The Labute approximate surface area is 135 Å². The highest BCUT2D eigenvalue weighted by Crippen LogP contribution is 2.25. The fourth-order valence-electron chi connectivity index (χ4n) is 1.86. The summed E-state index contributed by atoms with van der Waals surface area (Å²) in [5.41, 5.74) is 2.92. The number of halogens is 1. The van der Waals surface area contributed by atoms with Crippen LogP contribution < -0.4 is 4.90 Å². The number of rotatable bonds is 5. The smallest absolute Gasteiger partial charge is 0.328 e. The average Bonchev–Trinajstić information content (AvgIpc) is 2.82. The molecular formula is C15H15BrN2O2S. The Morgan fingerprint density at radius 3 is 2.86 bits per heavy atom. The number of carboxylic acid groups (broad SMARTS) is 1. The average molecular weight is 367 g/mol. The summed E-state index contributed by atoms with van der Waals surface area (Å²) >= 11 is 5.12. The predicted octanol–water partition coefficient (Wildman–Crippen LogP) is 3.95. The maximum Gasteiger partial charge on any atom is 0.328 e. The molecule has 0 bridgehead atoms. The van der Waals surface area contributed by atoms with Crippen LogP contribution in [-0.4, -0.2) is 23.1 Å². The van der Waals surface area contributed by atoms with Gasteiger partial charge in [0.1, 0.15) is 0 Å². The normalized spacial score (nSPS) is 11.0. The summed E-state index contributed by atoms with van der Waals surface area (Å²) in [6.45, 7) is 2.73. The Morgan fingerprint density at radius 2 is 2.29 bits per heavy atom. The van der Waals surface area contributed by atoms with E-state index in [0.29, 0.717) is 0 Å². The van der Waals surface area contributed by atoms with E-state index >= 15 is 0 Å². The summed E-state index contributed by atoms with van der Waals surface area (Å²) in [5.74, 6) is -0.956. The number of nitrogens with zero attached hydrogens (tertiary/aromatic N) is 2. The molecule has 1 aromatic heterocycles. The number of benzene rings is 1. The maximum atomic E-state index is 10.5. The first-order valence-electron chi connectivity index (χ1n) is 6.28. The highest BCUT2D eigenvalue weighted by Gasteiger charge is 2.07. The third-order valence-corrected chi connectivity index (χ3v) is 4.41. The van der Waals surface area contributed by atoms with Crippen LogP contribution in [0, 0.1) is 6.92 Å². The van der Waals surface area contributed by atoms with Gasteiger partial charge in [-0.1, -0.05) is 22.0 Å². The number of aromatic nitrogens is 1. The minimum Gasteiger partial charge on any atom is -0.478 e. The molecule has 1 N–H and O–H groups in total. The molecule has 2 rings (SSSR count). The zero-order valence-electron chi connectivity index (χ0n) is 11.7. The highest BCUT2D eigenvalue weighted by atomic mass is 79.9. The van der Waals surface area contributed by atoms with Crippen molar-refractivity contribution in [1.29, 1.82) is 0 Å². The molecule has 0 aliphatic heterocycles. The molecule has 0 saturated heterocycles. The molecule has 0 unspecified atom stereocenters. The Morgan fingerprint density at radius 1 is 1.52 bits per heavy atom. The molecule has 1 heterocycles. The fraction of sp³-hybridized carbons (Fsp3) is 0.200. The van der Waals surface area contributed by atoms with Gasteiger partial charge in [-0.05, 0) is 30.7 Å². The van der Waals surface area contributed by atoms with E-state index < -0.39 is 5.97 Å². The van der Waals surface area contributed by atoms with Crippen molar-refractivity contribution >= 4 is 45.0 Å². The van der Waals surface area contributed by atoms with Crippen molar-refractivity contribution in [2.75, 3.05) is 11.9 Å². The predicted molar refractivity (Wildman–Crippen MR) is 89.8 cm³/mol. The van der Waals surface area contributed by atoms with Crippen LogP contribution in [0.5, 0.6) is 0 Å². The number of carbonyl (C=O) groups is 1. The van der Waals surface area contributed by atoms with Crippen molar-refractivity contribution in [3.8, 4) is 0 Å². The number of carboxylic acids is 1. The van der Waals surface area contributed by atoms with Gasteiger partial charge in [0.15, 0.2) is 0 Å². The monoisotopic (exact) mass is 366 g/mol. The molecule has 0 amide bonds. The lowest BCUT2D eigenvalue weighted by Crippen LogP contribution is -2.16. The standard InChI is InChI=1S/C15H15BrN2O2S/c1-10-17-12(9-21-10)8-18(2)13-5-3-11(14(16)7-13)4-6-15(19)20/h3-7,9H,8H2,1-2H3,(H,19,20)/b6-4+. The molecular weight excluding hydrogens is 352 g/mol. The van der Waals surface area contributed by atoms with Crippen molar-refractivity contribution in [3.63, 3.8) is 0 Å². The molecule has 0 aliphatic carbocycles. The molecule has 6 heteroatoms. The van der Waals surface area contributed by atoms with Gasteiger partial charge in [0.2, 0.25) is 0 Å². The van der Waals surface area contributed by atoms with E-state index in [-0.39, 0.29) is 0 Å². The van der Waals surface area contributed by atoms with Crippen molar-refractivity contribution in [1.82, 2.24) is 4.98 Å². The topological polar surface area (TPSA) is 53.4 Å².